The van der Waals surface area contributed by atoms with Gasteiger partial charge in [-0.2, -0.15) is 0 Å². The van der Waals surface area contributed by atoms with Crippen molar-refractivity contribution >= 4 is 23.0 Å². The van der Waals surface area contributed by atoms with Crippen molar-refractivity contribution in [1.82, 2.24) is 4.72 Å². The van der Waals surface area contributed by atoms with Gasteiger partial charge in [0.05, 0.1) is 11.5 Å². The Morgan fingerprint density at radius 3 is 2.52 bits per heavy atom. The van der Waals surface area contributed by atoms with Crippen molar-refractivity contribution in [3.05, 3.63) is 18.2 Å². The van der Waals surface area contributed by atoms with Gasteiger partial charge in [-0.15, -0.1) is 0 Å². The second kappa shape index (κ2) is 7.29. The summed E-state index contributed by atoms with van der Waals surface area (Å²) in [6.45, 7) is 7.89. The fourth-order valence-electron chi connectivity index (χ4n) is 1.71. The molecule has 5 nitrogen and oxygen atoms in total. The van der Waals surface area contributed by atoms with Crippen LogP contribution in [0.4, 0.5) is 0 Å². The molecule has 0 unspecified atom stereocenters. The number of unbranched alkanes of at least 4 members (excludes halogenated alkanes) is 1. The van der Waals surface area contributed by atoms with Crippen LogP contribution in [-0.2, 0) is 10.0 Å². The second-order valence-electron chi connectivity index (χ2n) is 5.89. The van der Waals surface area contributed by atoms with Gasteiger partial charge in [0.15, 0.2) is 0 Å². The lowest BCUT2D eigenvalue weighted by Gasteiger charge is -2.21. The van der Waals surface area contributed by atoms with Crippen molar-refractivity contribution < 1.29 is 18.2 Å². The fraction of sp³-hybridized carbons (Fsp3) is 0.571. The Morgan fingerprint density at radius 2 is 2.00 bits per heavy atom. The molecular formula is C14H23BNO4S. The number of nitrogens with one attached hydrogen (secondary N) is 1. The van der Waals surface area contributed by atoms with Crippen molar-refractivity contribution in [2.45, 2.75) is 51.0 Å². The molecule has 0 amide bonds. The summed E-state index contributed by atoms with van der Waals surface area (Å²) in [4.78, 5) is 0.0977. The minimum Gasteiger partial charge on any atom is -0.494 e. The van der Waals surface area contributed by atoms with Gasteiger partial charge in [0, 0.05) is 5.54 Å². The average Bonchev–Trinajstić information content (AvgIpc) is 2.36. The quantitative estimate of drug-likeness (QED) is 0.585. The van der Waals surface area contributed by atoms with E-state index in [1.54, 1.807) is 26.8 Å². The van der Waals surface area contributed by atoms with Crippen molar-refractivity contribution in [3.63, 3.8) is 0 Å². The zero-order chi connectivity index (χ0) is 16.1. The van der Waals surface area contributed by atoms with Gasteiger partial charge in [-0.1, -0.05) is 13.3 Å². The summed E-state index contributed by atoms with van der Waals surface area (Å²) in [5, 5.41) is 9.28. The van der Waals surface area contributed by atoms with Gasteiger partial charge in [-0.25, -0.2) is 13.1 Å². The number of benzene rings is 1. The highest BCUT2D eigenvalue weighted by molar-refractivity contribution is 7.89. The van der Waals surface area contributed by atoms with E-state index in [4.69, 9.17) is 4.74 Å². The van der Waals surface area contributed by atoms with Gasteiger partial charge in [0.1, 0.15) is 5.75 Å². The van der Waals surface area contributed by atoms with E-state index in [2.05, 4.69) is 11.6 Å². The topological polar surface area (TPSA) is 75.6 Å². The van der Waals surface area contributed by atoms with Crippen molar-refractivity contribution in [2.75, 3.05) is 6.61 Å². The molecule has 0 aliphatic heterocycles. The Labute approximate surface area is 128 Å². The summed E-state index contributed by atoms with van der Waals surface area (Å²) in [6, 6.07) is 4.44. The van der Waals surface area contributed by atoms with E-state index >= 15 is 0 Å². The zero-order valence-electron chi connectivity index (χ0n) is 13.0. The number of sulfonamides is 1. The number of rotatable bonds is 7. The Hall–Kier alpha value is -1.05. The molecule has 2 N–H and O–H groups in total. The summed E-state index contributed by atoms with van der Waals surface area (Å²) in [5.41, 5.74) is -0.221. The van der Waals surface area contributed by atoms with Crippen molar-refractivity contribution in [1.29, 1.82) is 0 Å². The average molecular weight is 312 g/mol. The third kappa shape index (κ3) is 5.69. The molecule has 117 valence electrons. The molecule has 0 saturated heterocycles. The number of ether oxygens (including phenoxy) is 1. The normalized spacial score (nSPS) is 12.2. The van der Waals surface area contributed by atoms with Crippen LogP contribution < -0.4 is 14.9 Å². The summed E-state index contributed by atoms with van der Waals surface area (Å²) >= 11 is 0. The molecule has 1 radical (unpaired) electrons. The Bertz CT molecular complexity index is 567. The molecule has 0 aliphatic rings. The maximum absolute atomic E-state index is 12.2. The molecule has 0 aliphatic carbocycles. The van der Waals surface area contributed by atoms with Crippen molar-refractivity contribution in [3.8, 4) is 5.75 Å². The summed E-state index contributed by atoms with van der Waals surface area (Å²) in [7, 11) is -2.77. The lowest BCUT2D eigenvalue weighted by atomic mass is 9.88. The summed E-state index contributed by atoms with van der Waals surface area (Å²) in [6.07, 6.45) is 1.90. The molecule has 7 heteroatoms. The van der Waals surface area contributed by atoms with E-state index in [0.717, 1.165) is 20.3 Å². The molecule has 0 fully saturated rings. The summed E-state index contributed by atoms with van der Waals surface area (Å²) < 4.78 is 32.6. The molecule has 1 aromatic carbocycles. The third-order valence-electron chi connectivity index (χ3n) is 2.63. The first-order valence-corrected chi connectivity index (χ1v) is 8.46. The lowest BCUT2D eigenvalue weighted by Crippen LogP contribution is -2.40. The van der Waals surface area contributed by atoms with Crippen LogP contribution in [0.15, 0.2) is 23.1 Å². The molecule has 0 spiro atoms. The highest BCUT2D eigenvalue weighted by atomic mass is 32.2. The molecule has 0 heterocycles. The van der Waals surface area contributed by atoms with Gasteiger partial charge in [0.2, 0.25) is 10.0 Å². The van der Waals surface area contributed by atoms with Gasteiger partial charge in [-0.3, -0.25) is 0 Å². The predicted octanol–water partition coefficient (Wildman–Crippen LogP) is 1.18. The van der Waals surface area contributed by atoms with Gasteiger partial charge in [0.25, 0.3) is 0 Å². The van der Waals surface area contributed by atoms with Crippen LogP contribution in [0.3, 0.4) is 0 Å². The van der Waals surface area contributed by atoms with E-state index < -0.39 is 15.6 Å². The fourth-order valence-corrected chi connectivity index (χ4v) is 3.17. The van der Waals surface area contributed by atoms with Gasteiger partial charge < -0.3 is 9.76 Å². The maximum atomic E-state index is 12.2. The largest absolute Gasteiger partial charge is 0.494 e. The van der Waals surface area contributed by atoms with Gasteiger partial charge >= 0.3 is 7.48 Å². The van der Waals surface area contributed by atoms with Crippen LogP contribution in [0, 0.1) is 0 Å². The first-order chi connectivity index (χ1) is 9.69. The van der Waals surface area contributed by atoms with E-state index in [1.165, 1.54) is 12.1 Å². The van der Waals surface area contributed by atoms with E-state index in [-0.39, 0.29) is 4.90 Å². The smallest absolute Gasteiger partial charge is 0.330 e. The zero-order valence-corrected chi connectivity index (χ0v) is 13.8. The highest BCUT2D eigenvalue weighted by Gasteiger charge is 2.23. The molecule has 1 aromatic rings. The Kier molecular flexibility index (Phi) is 6.25. The molecule has 0 saturated carbocycles. The molecule has 1 rings (SSSR count). The first kappa shape index (κ1) is 18.0. The number of hydrogen-bond donors (Lipinski definition) is 2. The monoisotopic (exact) mass is 312 g/mol. The van der Waals surface area contributed by atoms with Crippen molar-refractivity contribution in [2.24, 2.45) is 0 Å². The molecule has 0 atom stereocenters. The summed E-state index contributed by atoms with van der Waals surface area (Å²) in [5.74, 6) is 0.473. The Balaban J connectivity index is 3.01. The minimum absolute atomic E-state index is 0.0977. The Morgan fingerprint density at radius 1 is 1.33 bits per heavy atom. The van der Waals surface area contributed by atoms with E-state index in [1.807, 2.05) is 0 Å². The second-order valence-corrected chi connectivity index (χ2v) is 7.57. The molecule has 0 aromatic heterocycles. The highest BCUT2D eigenvalue weighted by Crippen LogP contribution is 2.16. The van der Waals surface area contributed by atoms with Crippen LogP contribution in [0.5, 0.6) is 5.75 Å². The van der Waals surface area contributed by atoms with E-state index in [9.17, 15) is 13.4 Å². The molecule has 0 bridgehead atoms. The van der Waals surface area contributed by atoms with Gasteiger partial charge in [-0.05, 0) is 50.9 Å². The standard InChI is InChI=1S/C14H23BNO4S/c1-5-6-9-20-13-8-7-11(10-12(13)15-17)21(18,19)16-14(2,3)4/h7-8,10,16-17H,5-6,9H2,1-4H3. The number of hydrogen-bond acceptors (Lipinski definition) is 4. The maximum Gasteiger partial charge on any atom is 0.330 e. The lowest BCUT2D eigenvalue weighted by molar-refractivity contribution is 0.311. The van der Waals surface area contributed by atoms with Crippen LogP contribution in [0.1, 0.15) is 40.5 Å². The minimum atomic E-state index is -3.63. The SMILES string of the molecule is CCCCOc1ccc(S(=O)(=O)NC(C)(C)C)cc1[B]O. The molecule has 21 heavy (non-hydrogen) atoms. The predicted molar refractivity (Wildman–Crippen MR) is 84.5 cm³/mol. The van der Waals surface area contributed by atoms with Crippen LogP contribution >= 0.6 is 0 Å². The first-order valence-electron chi connectivity index (χ1n) is 6.98. The van der Waals surface area contributed by atoms with Crippen LogP contribution in [0.2, 0.25) is 0 Å². The van der Waals surface area contributed by atoms with Crippen LogP contribution in [-0.4, -0.2) is 33.1 Å². The van der Waals surface area contributed by atoms with Crippen LogP contribution in [0.25, 0.3) is 0 Å². The third-order valence-corrected chi connectivity index (χ3v) is 4.38. The molecular weight excluding hydrogens is 289 g/mol. The van der Waals surface area contributed by atoms with E-state index in [0.29, 0.717) is 17.8 Å².